The highest BCUT2D eigenvalue weighted by Gasteiger charge is 2.28. The van der Waals surface area contributed by atoms with E-state index in [-0.39, 0.29) is 13.1 Å². The molecule has 0 aromatic carbocycles. The summed E-state index contributed by atoms with van der Waals surface area (Å²) in [5, 5.41) is 53.6. The van der Waals surface area contributed by atoms with Crippen molar-refractivity contribution >= 4 is 5.97 Å². The van der Waals surface area contributed by atoms with Crippen LogP contribution in [0.15, 0.2) is 0 Å². The van der Waals surface area contributed by atoms with Gasteiger partial charge in [-0.25, -0.2) is 0 Å². The summed E-state index contributed by atoms with van der Waals surface area (Å²) in [6, 6.07) is -1.31. The molecule has 3 atom stereocenters. The maximum atomic E-state index is 10.8. The van der Waals surface area contributed by atoms with Crippen molar-refractivity contribution in [3.63, 3.8) is 0 Å². The number of rotatable bonds is 9. The molecule has 0 aromatic heterocycles. The van der Waals surface area contributed by atoms with Gasteiger partial charge < -0.3 is 30.6 Å². The lowest BCUT2D eigenvalue weighted by Gasteiger charge is -2.30. The predicted octanol–water partition coefficient (Wildman–Crippen LogP) is -3.56. The fraction of sp³-hybridized carbons (Fsp3) is 0.889. The standard InChI is InChI=1S/C9H19NO7/c11-3-6(14)1-10(2-7(15)4-12)8(5-13)9(16)17/h6-8,11-15H,1-5H2,(H,16,17)/t6?,7?,8-/m0/s1. The van der Waals surface area contributed by atoms with Crippen LogP contribution in [0.2, 0.25) is 0 Å². The van der Waals surface area contributed by atoms with Crippen LogP contribution in [0.3, 0.4) is 0 Å². The third-order valence-electron chi connectivity index (χ3n) is 2.21. The van der Waals surface area contributed by atoms with Crippen LogP contribution in [-0.4, -0.2) is 92.7 Å². The zero-order chi connectivity index (χ0) is 13.4. The van der Waals surface area contributed by atoms with Gasteiger partial charge in [-0.05, 0) is 0 Å². The zero-order valence-electron chi connectivity index (χ0n) is 9.31. The molecule has 8 heteroatoms. The van der Waals surface area contributed by atoms with E-state index in [4.69, 9.17) is 20.4 Å². The molecule has 0 aliphatic carbocycles. The van der Waals surface area contributed by atoms with Gasteiger partial charge >= 0.3 is 5.97 Å². The van der Waals surface area contributed by atoms with Crippen LogP contribution in [0.25, 0.3) is 0 Å². The molecular formula is C9H19NO7. The van der Waals surface area contributed by atoms with E-state index in [9.17, 15) is 15.0 Å². The molecule has 0 bridgehead atoms. The molecule has 6 N–H and O–H groups in total. The minimum atomic E-state index is -1.32. The summed E-state index contributed by atoms with van der Waals surface area (Å²) >= 11 is 0. The van der Waals surface area contributed by atoms with E-state index in [0.29, 0.717) is 0 Å². The Balaban J connectivity index is 4.62. The van der Waals surface area contributed by atoms with Crippen molar-refractivity contribution in [2.45, 2.75) is 18.2 Å². The van der Waals surface area contributed by atoms with E-state index in [0.717, 1.165) is 4.90 Å². The summed E-state index contributed by atoms with van der Waals surface area (Å²) in [7, 11) is 0. The molecule has 0 aliphatic heterocycles. The van der Waals surface area contributed by atoms with Gasteiger partial charge in [0.2, 0.25) is 0 Å². The fourth-order valence-electron chi connectivity index (χ4n) is 1.34. The Hall–Kier alpha value is -0.770. The first-order chi connectivity index (χ1) is 7.96. The second kappa shape index (κ2) is 8.34. The maximum absolute atomic E-state index is 10.8. The van der Waals surface area contributed by atoms with Crippen LogP contribution in [0, 0.1) is 0 Å². The van der Waals surface area contributed by atoms with E-state index in [2.05, 4.69) is 0 Å². The fourth-order valence-corrected chi connectivity index (χ4v) is 1.34. The van der Waals surface area contributed by atoms with Crippen molar-refractivity contribution < 1.29 is 35.4 Å². The molecule has 0 amide bonds. The van der Waals surface area contributed by atoms with E-state index in [1.165, 1.54) is 0 Å². The first kappa shape index (κ1) is 16.2. The van der Waals surface area contributed by atoms with Gasteiger partial charge in [-0.15, -0.1) is 0 Å². The molecule has 8 nitrogen and oxygen atoms in total. The minimum absolute atomic E-state index is 0.231. The molecule has 0 saturated carbocycles. The molecule has 102 valence electrons. The van der Waals surface area contributed by atoms with Crippen LogP contribution in [-0.2, 0) is 4.79 Å². The number of carboxylic acids is 1. The summed E-state index contributed by atoms with van der Waals surface area (Å²) in [6.07, 6.45) is -2.37. The second-order valence-electron chi connectivity index (χ2n) is 3.66. The van der Waals surface area contributed by atoms with Gasteiger partial charge in [0.05, 0.1) is 32.0 Å². The lowest BCUT2D eigenvalue weighted by molar-refractivity contribution is -0.146. The summed E-state index contributed by atoms with van der Waals surface area (Å²) in [5.41, 5.74) is 0. The highest BCUT2D eigenvalue weighted by Crippen LogP contribution is 2.03. The van der Waals surface area contributed by atoms with Crippen LogP contribution < -0.4 is 0 Å². The van der Waals surface area contributed by atoms with Crippen LogP contribution >= 0.6 is 0 Å². The van der Waals surface area contributed by atoms with Gasteiger partial charge in [-0.1, -0.05) is 0 Å². The number of carboxylic acid groups (broad SMARTS) is 1. The summed E-state index contributed by atoms with van der Waals surface area (Å²) in [6.45, 7) is -2.30. The molecule has 0 rings (SSSR count). The number of carbonyl (C=O) groups is 1. The highest BCUT2D eigenvalue weighted by molar-refractivity contribution is 5.73. The zero-order valence-corrected chi connectivity index (χ0v) is 9.31. The molecule has 0 saturated heterocycles. The van der Waals surface area contributed by atoms with E-state index in [1.54, 1.807) is 0 Å². The molecule has 0 fully saturated rings. The van der Waals surface area contributed by atoms with Crippen molar-refractivity contribution in [3.05, 3.63) is 0 Å². The van der Waals surface area contributed by atoms with Gasteiger partial charge in [0.15, 0.2) is 0 Å². The quantitative estimate of drug-likeness (QED) is 0.248. The van der Waals surface area contributed by atoms with Gasteiger partial charge in [0.25, 0.3) is 0 Å². The lowest BCUT2D eigenvalue weighted by Crippen LogP contribution is -2.51. The maximum Gasteiger partial charge on any atom is 0.323 e. The van der Waals surface area contributed by atoms with Crippen molar-refractivity contribution in [1.29, 1.82) is 0 Å². The molecule has 0 aromatic rings. The van der Waals surface area contributed by atoms with Crippen LogP contribution in [0.5, 0.6) is 0 Å². The van der Waals surface area contributed by atoms with Crippen LogP contribution in [0.1, 0.15) is 0 Å². The average Bonchev–Trinajstić information content (AvgIpc) is 2.28. The lowest BCUT2D eigenvalue weighted by atomic mass is 10.2. The van der Waals surface area contributed by atoms with Gasteiger partial charge in [-0.2, -0.15) is 0 Å². The van der Waals surface area contributed by atoms with Gasteiger partial charge in [0, 0.05) is 13.1 Å². The van der Waals surface area contributed by atoms with E-state index < -0.39 is 44.0 Å². The smallest absolute Gasteiger partial charge is 0.323 e. The number of aliphatic hydroxyl groups excluding tert-OH is 5. The summed E-state index contributed by atoms with van der Waals surface area (Å²) in [4.78, 5) is 11.9. The largest absolute Gasteiger partial charge is 0.480 e. The Morgan fingerprint density at radius 2 is 1.35 bits per heavy atom. The SMILES string of the molecule is O=C(O)[C@H](CO)N(CC(O)CO)CC(O)CO. The molecule has 0 radical (unpaired) electrons. The first-order valence-corrected chi connectivity index (χ1v) is 5.11. The summed E-state index contributed by atoms with van der Waals surface area (Å²) in [5.74, 6) is -1.32. The molecule has 0 heterocycles. The monoisotopic (exact) mass is 253 g/mol. The Morgan fingerprint density at radius 1 is 0.941 bits per heavy atom. The average molecular weight is 253 g/mol. The minimum Gasteiger partial charge on any atom is -0.480 e. The van der Waals surface area contributed by atoms with Gasteiger partial charge in [0.1, 0.15) is 6.04 Å². The van der Waals surface area contributed by atoms with Crippen molar-refractivity contribution in [1.82, 2.24) is 4.90 Å². The third kappa shape index (κ3) is 5.91. The Morgan fingerprint density at radius 3 is 1.59 bits per heavy atom. The Labute approximate surface area is 98.3 Å². The van der Waals surface area contributed by atoms with Crippen molar-refractivity contribution in [2.24, 2.45) is 0 Å². The van der Waals surface area contributed by atoms with Crippen molar-refractivity contribution in [3.8, 4) is 0 Å². The molecular weight excluding hydrogens is 234 g/mol. The Kier molecular flexibility index (Phi) is 7.96. The number of hydrogen-bond acceptors (Lipinski definition) is 7. The normalized spacial score (nSPS) is 16.8. The van der Waals surface area contributed by atoms with Crippen molar-refractivity contribution in [2.75, 3.05) is 32.9 Å². The molecule has 2 unspecified atom stereocenters. The van der Waals surface area contributed by atoms with Crippen LogP contribution in [0.4, 0.5) is 0 Å². The number of aliphatic hydroxyl groups is 5. The van der Waals surface area contributed by atoms with Gasteiger partial charge in [-0.3, -0.25) is 9.69 Å². The second-order valence-corrected chi connectivity index (χ2v) is 3.66. The van der Waals surface area contributed by atoms with E-state index >= 15 is 0 Å². The molecule has 0 aliphatic rings. The Bertz CT molecular complexity index is 213. The number of nitrogens with zero attached hydrogens (tertiary/aromatic N) is 1. The molecule has 0 spiro atoms. The summed E-state index contributed by atoms with van der Waals surface area (Å²) < 4.78 is 0. The first-order valence-electron chi connectivity index (χ1n) is 5.11. The number of aliphatic carboxylic acids is 1. The van der Waals surface area contributed by atoms with E-state index in [1.807, 2.05) is 0 Å². The third-order valence-corrected chi connectivity index (χ3v) is 2.21. The highest BCUT2D eigenvalue weighted by atomic mass is 16.4. The predicted molar refractivity (Wildman–Crippen MR) is 56.3 cm³/mol. The topological polar surface area (TPSA) is 142 Å². The molecule has 17 heavy (non-hydrogen) atoms. The number of hydrogen-bond donors (Lipinski definition) is 6.